The van der Waals surface area contributed by atoms with Crippen molar-refractivity contribution in [2.75, 3.05) is 0 Å². The molecule has 1 aliphatic rings. The lowest BCUT2D eigenvalue weighted by molar-refractivity contribution is -0.140. The number of carbonyl (C=O) groups is 1. The Balaban J connectivity index is 1.76. The first-order valence-corrected chi connectivity index (χ1v) is 8.52. The van der Waals surface area contributed by atoms with Gasteiger partial charge in [-0.3, -0.25) is 9.36 Å². The zero-order chi connectivity index (χ0) is 16.5. The zero-order valence-corrected chi connectivity index (χ0v) is 13.8. The Kier molecular flexibility index (Phi) is 3.86. The molecule has 0 bridgehead atoms. The first-order valence-electron chi connectivity index (χ1n) is 7.64. The van der Waals surface area contributed by atoms with Crippen LogP contribution in [0.15, 0.2) is 58.3 Å². The Bertz CT molecular complexity index is 845. The number of aromatic nitrogens is 3. The molecule has 3 aromatic rings. The van der Waals surface area contributed by atoms with E-state index in [0.717, 1.165) is 5.69 Å². The van der Waals surface area contributed by atoms with E-state index in [1.54, 1.807) is 6.26 Å². The minimum Gasteiger partial charge on any atom is -0.462 e. The summed E-state index contributed by atoms with van der Waals surface area (Å²) in [6.45, 7) is 1.90. The van der Waals surface area contributed by atoms with Crippen molar-refractivity contribution in [1.29, 1.82) is 0 Å². The van der Waals surface area contributed by atoms with Gasteiger partial charge >= 0.3 is 5.97 Å². The molecule has 1 fully saturated rings. The number of benzene rings is 1. The summed E-state index contributed by atoms with van der Waals surface area (Å²) in [4.78, 5) is 12.0. The molecule has 0 spiro atoms. The normalized spacial score (nSPS) is 20.3. The number of hydrogen-bond donors (Lipinski definition) is 0. The standard InChI is InChI=1S/C17H15N3O3S/c1-11-10-14(16(21)23-11)24-17-19-18-15(13-8-5-9-22-13)20(17)12-6-3-2-4-7-12/h2-9,11,14H,10H2,1H3/t11-,14+/m0/s1. The minimum atomic E-state index is -0.267. The molecule has 2 atom stereocenters. The predicted molar refractivity (Wildman–Crippen MR) is 88.9 cm³/mol. The van der Waals surface area contributed by atoms with E-state index in [-0.39, 0.29) is 17.3 Å². The quantitative estimate of drug-likeness (QED) is 0.678. The molecular formula is C17H15N3O3S. The van der Waals surface area contributed by atoms with Crippen LogP contribution in [0.3, 0.4) is 0 Å². The van der Waals surface area contributed by atoms with Crippen LogP contribution in [0.25, 0.3) is 17.3 Å². The molecule has 2 aromatic heterocycles. The van der Waals surface area contributed by atoms with Crippen LogP contribution in [-0.4, -0.2) is 32.1 Å². The number of ether oxygens (including phenoxy) is 1. The van der Waals surface area contributed by atoms with Gasteiger partial charge < -0.3 is 9.15 Å². The van der Waals surface area contributed by atoms with Gasteiger partial charge in [0.05, 0.1) is 6.26 Å². The van der Waals surface area contributed by atoms with Gasteiger partial charge in [-0.15, -0.1) is 10.2 Å². The van der Waals surface area contributed by atoms with E-state index >= 15 is 0 Å². The van der Waals surface area contributed by atoms with Crippen molar-refractivity contribution in [3.63, 3.8) is 0 Å². The number of rotatable bonds is 4. The van der Waals surface area contributed by atoms with Gasteiger partial charge in [-0.2, -0.15) is 0 Å². The lowest BCUT2D eigenvalue weighted by atomic mass is 10.3. The van der Waals surface area contributed by atoms with Gasteiger partial charge in [0, 0.05) is 12.1 Å². The average Bonchev–Trinajstić information content (AvgIpc) is 3.29. The Morgan fingerprint density at radius 1 is 1.17 bits per heavy atom. The Morgan fingerprint density at radius 3 is 2.67 bits per heavy atom. The Morgan fingerprint density at radius 2 is 2.00 bits per heavy atom. The predicted octanol–water partition coefficient (Wildman–Crippen LogP) is 3.32. The molecule has 4 rings (SSSR count). The number of hydrogen-bond acceptors (Lipinski definition) is 6. The van der Waals surface area contributed by atoms with Gasteiger partial charge in [0.25, 0.3) is 0 Å². The molecule has 1 saturated heterocycles. The minimum absolute atomic E-state index is 0.0624. The van der Waals surface area contributed by atoms with E-state index in [9.17, 15) is 4.79 Å². The van der Waals surface area contributed by atoms with Crippen LogP contribution in [0.4, 0.5) is 0 Å². The molecule has 1 aliphatic heterocycles. The molecule has 6 nitrogen and oxygen atoms in total. The van der Waals surface area contributed by atoms with E-state index in [4.69, 9.17) is 9.15 Å². The van der Waals surface area contributed by atoms with E-state index in [0.29, 0.717) is 23.2 Å². The highest BCUT2D eigenvalue weighted by Crippen LogP contribution is 2.34. The summed E-state index contributed by atoms with van der Waals surface area (Å²) >= 11 is 1.38. The largest absolute Gasteiger partial charge is 0.462 e. The molecule has 3 heterocycles. The molecule has 0 amide bonds. The van der Waals surface area contributed by atoms with E-state index in [1.807, 2.05) is 54.0 Å². The smallest absolute Gasteiger partial charge is 0.319 e. The number of carbonyl (C=O) groups excluding carboxylic acids is 1. The van der Waals surface area contributed by atoms with Crippen molar-refractivity contribution in [3.8, 4) is 17.3 Å². The third-order valence-corrected chi connectivity index (χ3v) is 4.91. The molecule has 1 aromatic carbocycles. The van der Waals surface area contributed by atoms with Crippen molar-refractivity contribution >= 4 is 17.7 Å². The Labute approximate surface area is 142 Å². The van der Waals surface area contributed by atoms with Crippen molar-refractivity contribution in [2.24, 2.45) is 0 Å². The SMILES string of the molecule is C[C@H]1C[C@@H](Sc2nnc(-c3ccco3)n2-c2ccccc2)C(=O)O1. The lowest BCUT2D eigenvalue weighted by Gasteiger charge is -2.10. The van der Waals surface area contributed by atoms with E-state index < -0.39 is 0 Å². The maximum Gasteiger partial charge on any atom is 0.319 e. The van der Waals surface area contributed by atoms with Crippen molar-refractivity contribution in [2.45, 2.75) is 29.9 Å². The molecule has 0 aliphatic carbocycles. The van der Waals surface area contributed by atoms with Crippen molar-refractivity contribution < 1.29 is 13.9 Å². The molecule has 7 heteroatoms. The summed E-state index contributed by atoms with van der Waals surface area (Å²) in [7, 11) is 0. The molecule has 0 radical (unpaired) electrons. The number of cyclic esters (lactones) is 1. The van der Waals surface area contributed by atoms with Crippen molar-refractivity contribution in [1.82, 2.24) is 14.8 Å². The fraction of sp³-hybridized carbons (Fsp3) is 0.235. The number of nitrogens with zero attached hydrogens (tertiary/aromatic N) is 3. The fourth-order valence-electron chi connectivity index (χ4n) is 2.66. The molecule has 122 valence electrons. The maximum absolute atomic E-state index is 12.0. The highest BCUT2D eigenvalue weighted by Gasteiger charge is 2.34. The van der Waals surface area contributed by atoms with Gasteiger partial charge in [-0.05, 0) is 31.2 Å². The number of furan rings is 1. The lowest BCUT2D eigenvalue weighted by Crippen LogP contribution is -2.11. The second-order valence-corrected chi connectivity index (χ2v) is 6.71. The number of esters is 1. The molecule has 0 saturated carbocycles. The second-order valence-electron chi connectivity index (χ2n) is 5.54. The van der Waals surface area contributed by atoms with Crippen LogP contribution in [0.1, 0.15) is 13.3 Å². The van der Waals surface area contributed by atoms with Gasteiger partial charge in [0.2, 0.25) is 5.82 Å². The second kappa shape index (κ2) is 6.16. The summed E-state index contributed by atoms with van der Waals surface area (Å²) < 4.78 is 12.6. The number of para-hydroxylation sites is 1. The summed E-state index contributed by atoms with van der Waals surface area (Å²) in [5.74, 6) is 1.03. The van der Waals surface area contributed by atoms with Gasteiger partial charge in [0.1, 0.15) is 11.4 Å². The molecule has 0 N–H and O–H groups in total. The molecule has 24 heavy (non-hydrogen) atoms. The summed E-state index contributed by atoms with van der Waals surface area (Å²) in [6, 6.07) is 13.4. The van der Waals surface area contributed by atoms with E-state index in [2.05, 4.69) is 10.2 Å². The summed E-state index contributed by atoms with van der Waals surface area (Å²) in [6.07, 6.45) is 2.20. The van der Waals surface area contributed by atoms with E-state index in [1.165, 1.54) is 11.8 Å². The Hall–Kier alpha value is -2.54. The first kappa shape index (κ1) is 15.0. The topological polar surface area (TPSA) is 70.2 Å². The van der Waals surface area contributed by atoms with Gasteiger partial charge in [0.15, 0.2) is 10.9 Å². The van der Waals surface area contributed by atoms with Crippen LogP contribution >= 0.6 is 11.8 Å². The maximum atomic E-state index is 12.0. The van der Waals surface area contributed by atoms with Crippen LogP contribution in [0, 0.1) is 0 Å². The average molecular weight is 341 g/mol. The third kappa shape index (κ3) is 2.71. The summed E-state index contributed by atoms with van der Waals surface area (Å²) in [5.41, 5.74) is 0.913. The third-order valence-electron chi connectivity index (χ3n) is 3.76. The zero-order valence-electron chi connectivity index (χ0n) is 13.0. The fourth-order valence-corrected chi connectivity index (χ4v) is 3.82. The van der Waals surface area contributed by atoms with Gasteiger partial charge in [-0.1, -0.05) is 30.0 Å². The van der Waals surface area contributed by atoms with Crippen LogP contribution in [0.2, 0.25) is 0 Å². The van der Waals surface area contributed by atoms with Crippen molar-refractivity contribution in [3.05, 3.63) is 48.7 Å². The first-order chi connectivity index (χ1) is 11.7. The highest BCUT2D eigenvalue weighted by molar-refractivity contribution is 8.00. The molecular weight excluding hydrogens is 326 g/mol. The number of thioether (sulfide) groups is 1. The monoisotopic (exact) mass is 341 g/mol. The van der Waals surface area contributed by atoms with Crippen LogP contribution in [0.5, 0.6) is 0 Å². The highest BCUT2D eigenvalue weighted by atomic mass is 32.2. The summed E-state index contributed by atoms with van der Waals surface area (Å²) in [5, 5.41) is 8.92. The molecule has 0 unspecified atom stereocenters. The van der Waals surface area contributed by atoms with Gasteiger partial charge in [-0.25, -0.2) is 0 Å². The van der Waals surface area contributed by atoms with Crippen LogP contribution < -0.4 is 0 Å². The van der Waals surface area contributed by atoms with Crippen LogP contribution in [-0.2, 0) is 9.53 Å².